The molecule has 3 aromatic carbocycles. The zero-order chi connectivity index (χ0) is 21.1. The van der Waals surface area contributed by atoms with E-state index in [1.165, 1.54) is 4.90 Å². The summed E-state index contributed by atoms with van der Waals surface area (Å²) in [5.41, 5.74) is 2.31. The standard InChI is InChI=1S/C24H22N2O4/c1-26(2)22(27)15-29-17-13-11-16(12-14-17)25-24(28)23-18-7-3-5-9-20(18)30-21-10-6-4-8-19(21)23/h3-14,23H,15H2,1-2H3,(H,25,28). The first-order valence-electron chi connectivity index (χ1n) is 9.62. The molecule has 0 aromatic heterocycles. The van der Waals surface area contributed by atoms with Crippen LogP contribution in [0.4, 0.5) is 5.69 Å². The molecule has 0 bridgehead atoms. The van der Waals surface area contributed by atoms with Gasteiger partial charge in [0.05, 0.1) is 5.92 Å². The highest BCUT2D eigenvalue weighted by Crippen LogP contribution is 2.44. The van der Waals surface area contributed by atoms with Gasteiger partial charge in [-0.15, -0.1) is 0 Å². The highest BCUT2D eigenvalue weighted by Gasteiger charge is 2.32. The molecule has 0 spiro atoms. The lowest BCUT2D eigenvalue weighted by Crippen LogP contribution is -2.27. The Morgan fingerprint density at radius 2 is 1.47 bits per heavy atom. The Bertz CT molecular complexity index is 1030. The third kappa shape index (κ3) is 3.98. The number of carbonyl (C=O) groups is 2. The largest absolute Gasteiger partial charge is 0.484 e. The number of fused-ring (bicyclic) bond motifs is 2. The highest BCUT2D eigenvalue weighted by molar-refractivity contribution is 5.99. The van der Waals surface area contributed by atoms with Gasteiger partial charge in [0, 0.05) is 30.9 Å². The van der Waals surface area contributed by atoms with Crippen molar-refractivity contribution in [2.45, 2.75) is 5.92 Å². The van der Waals surface area contributed by atoms with Crippen LogP contribution in [0.25, 0.3) is 0 Å². The summed E-state index contributed by atoms with van der Waals surface area (Å²) in [6.45, 7) is -0.0334. The number of rotatable bonds is 5. The Hall–Kier alpha value is -3.80. The molecule has 0 radical (unpaired) electrons. The molecule has 152 valence electrons. The fraction of sp³-hybridized carbons (Fsp3) is 0.167. The van der Waals surface area contributed by atoms with E-state index in [1.54, 1.807) is 38.4 Å². The molecule has 1 N–H and O–H groups in total. The highest BCUT2D eigenvalue weighted by atomic mass is 16.5. The van der Waals surface area contributed by atoms with Gasteiger partial charge in [-0.25, -0.2) is 0 Å². The second kappa shape index (κ2) is 8.29. The first kappa shape index (κ1) is 19.5. The van der Waals surface area contributed by atoms with Crippen LogP contribution in [-0.2, 0) is 9.59 Å². The Balaban J connectivity index is 1.51. The van der Waals surface area contributed by atoms with Gasteiger partial charge in [-0.3, -0.25) is 9.59 Å². The van der Waals surface area contributed by atoms with Crippen molar-refractivity contribution >= 4 is 17.5 Å². The molecule has 0 aliphatic carbocycles. The van der Waals surface area contributed by atoms with Gasteiger partial charge in [-0.1, -0.05) is 36.4 Å². The van der Waals surface area contributed by atoms with E-state index < -0.39 is 5.92 Å². The van der Waals surface area contributed by atoms with Gasteiger partial charge < -0.3 is 19.7 Å². The molecule has 1 heterocycles. The van der Waals surface area contributed by atoms with Crippen molar-refractivity contribution in [3.05, 3.63) is 83.9 Å². The van der Waals surface area contributed by atoms with E-state index in [-0.39, 0.29) is 18.4 Å². The van der Waals surface area contributed by atoms with Crippen molar-refractivity contribution in [3.63, 3.8) is 0 Å². The molecule has 0 saturated carbocycles. The number of nitrogens with one attached hydrogen (secondary N) is 1. The number of amides is 2. The first-order valence-corrected chi connectivity index (χ1v) is 9.62. The fourth-order valence-corrected chi connectivity index (χ4v) is 3.32. The van der Waals surface area contributed by atoms with Crippen molar-refractivity contribution in [1.82, 2.24) is 4.90 Å². The summed E-state index contributed by atoms with van der Waals surface area (Å²) in [6, 6.07) is 22.1. The third-order valence-corrected chi connectivity index (χ3v) is 4.93. The zero-order valence-corrected chi connectivity index (χ0v) is 16.8. The van der Waals surface area contributed by atoms with Gasteiger partial charge in [0.2, 0.25) is 5.91 Å². The third-order valence-electron chi connectivity index (χ3n) is 4.93. The van der Waals surface area contributed by atoms with Crippen LogP contribution in [0.1, 0.15) is 17.0 Å². The van der Waals surface area contributed by atoms with Crippen LogP contribution >= 0.6 is 0 Å². The molecule has 4 rings (SSSR count). The fourth-order valence-electron chi connectivity index (χ4n) is 3.32. The van der Waals surface area contributed by atoms with E-state index >= 15 is 0 Å². The summed E-state index contributed by atoms with van der Waals surface area (Å²) in [6.07, 6.45) is 0. The number of anilines is 1. The van der Waals surface area contributed by atoms with Crippen LogP contribution in [0, 0.1) is 0 Å². The molecule has 1 aliphatic rings. The van der Waals surface area contributed by atoms with E-state index in [0.29, 0.717) is 22.9 Å². The van der Waals surface area contributed by atoms with Crippen molar-refractivity contribution in [3.8, 4) is 17.2 Å². The summed E-state index contributed by atoms with van der Waals surface area (Å²) in [7, 11) is 3.36. The minimum absolute atomic E-state index is 0.0334. The van der Waals surface area contributed by atoms with Crippen LogP contribution < -0.4 is 14.8 Å². The molecule has 0 fully saturated rings. The van der Waals surface area contributed by atoms with Crippen molar-refractivity contribution in [2.24, 2.45) is 0 Å². The quantitative estimate of drug-likeness (QED) is 0.700. The van der Waals surface area contributed by atoms with E-state index in [2.05, 4.69) is 5.32 Å². The van der Waals surface area contributed by atoms with Crippen molar-refractivity contribution < 1.29 is 19.1 Å². The molecule has 6 nitrogen and oxygen atoms in total. The number of para-hydroxylation sites is 2. The minimum atomic E-state index is -0.472. The first-order chi connectivity index (χ1) is 14.5. The summed E-state index contributed by atoms with van der Waals surface area (Å²) in [4.78, 5) is 26.3. The SMILES string of the molecule is CN(C)C(=O)COc1ccc(NC(=O)C2c3ccccc3Oc3ccccc32)cc1. The molecular weight excluding hydrogens is 380 g/mol. The summed E-state index contributed by atoms with van der Waals surface area (Å²) >= 11 is 0. The predicted octanol–water partition coefficient (Wildman–Crippen LogP) is 4.03. The van der Waals surface area contributed by atoms with Crippen LogP contribution in [0.5, 0.6) is 17.2 Å². The van der Waals surface area contributed by atoms with Gasteiger partial charge in [0.25, 0.3) is 5.91 Å². The van der Waals surface area contributed by atoms with Crippen molar-refractivity contribution in [2.75, 3.05) is 26.0 Å². The molecule has 6 heteroatoms. The van der Waals surface area contributed by atoms with Gasteiger partial charge >= 0.3 is 0 Å². The molecule has 0 saturated heterocycles. The molecule has 30 heavy (non-hydrogen) atoms. The number of benzene rings is 3. The maximum Gasteiger partial charge on any atom is 0.259 e. The normalized spacial score (nSPS) is 12.2. The summed E-state index contributed by atoms with van der Waals surface area (Å²) in [5, 5.41) is 2.98. The van der Waals surface area contributed by atoms with Gasteiger partial charge in [0.15, 0.2) is 6.61 Å². The summed E-state index contributed by atoms with van der Waals surface area (Å²) < 4.78 is 11.4. The van der Waals surface area contributed by atoms with E-state index in [9.17, 15) is 9.59 Å². The monoisotopic (exact) mass is 402 g/mol. The molecule has 1 aliphatic heterocycles. The second-order valence-corrected chi connectivity index (χ2v) is 7.20. The number of likely N-dealkylation sites (N-methyl/N-ethyl adjacent to an activating group) is 1. The van der Waals surface area contributed by atoms with Crippen LogP contribution in [0.2, 0.25) is 0 Å². The molecular formula is C24H22N2O4. The smallest absolute Gasteiger partial charge is 0.259 e. The average Bonchev–Trinajstić information content (AvgIpc) is 2.76. The van der Waals surface area contributed by atoms with Crippen molar-refractivity contribution in [1.29, 1.82) is 0 Å². The maximum atomic E-state index is 13.2. The molecule has 2 amide bonds. The topological polar surface area (TPSA) is 67.9 Å². The van der Waals surface area contributed by atoms with E-state index in [0.717, 1.165) is 11.1 Å². The average molecular weight is 402 g/mol. The number of carbonyl (C=O) groups excluding carboxylic acids is 2. The lowest BCUT2D eigenvalue weighted by Gasteiger charge is -2.27. The van der Waals surface area contributed by atoms with E-state index in [1.807, 2.05) is 48.5 Å². The second-order valence-electron chi connectivity index (χ2n) is 7.20. The number of hydrogen-bond donors (Lipinski definition) is 1. The van der Waals surface area contributed by atoms with Gasteiger partial charge in [-0.05, 0) is 36.4 Å². The Labute approximate surface area is 175 Å². The Kier molecular flexibility index (Phi) is 5.39. The molecule has 0 atom stereocenters. The summed E-state index contributed by atoms with van der Waals surface area (Å²) in [5.74, 6) is 1.19. The van der Waals surface area contributed by atoms with E-state index in [4.69, 9.17) is 9.47 Å². The zero-order valence-electron chi connectivity index (χ0n) is 16.8. The number of ether oxygens (including phenoxy) is 2. The molecule has 3 aromatic rings. The maximum absolute atomic E-state index is 13.2. The van der Waals surface area contributed by atoms with Crippen LogP contribution in [-0.4, -0.2) is 37.4 Å². The van der Waals surface area contributed by atoms with Gasteiger partial charge in [-0.2, -0.15) is 0 Å². The lowest BCUT2D eigenvalue weighted by molar-refractivity contribution is -0.130. The Morgan fingerprint density at radius 3 is 2.03 bits per heavy atom. The van der Waals surface area contributed by atoms with Crippen LogP contribution in [0.15, 0.2) is 72.8 Å². The molecule has 0 unspecified atom stereocenters. The predicted molar refractivity (Wildman–Crippen MR) is 114 cm³/mol. The lowest BCUT2D eigenvalue weighted by atomic mass is 9.87. The number of hydrogen-bond acceptors (Lipinski definition) is 4. The minimum Gasteiger partial charge on any atom is -0.484 e. The van der Waals surface area contributed by atoms with Crippen LogP contribution in [0.3, 0.4) is 0 Å². The van der Waals surface area contributed by atoms with Gasteiger partial charge in [0.1, 0.15) is 17.2 Å². The Morgan fingerprint density at radius 1 is 0.900 bits per heavy atom. The number of nitrogens with zero attached hydrogens (tertiary/aromatic N) is 1.